The zero-order chi connectivity index (χ0) is 15.0. The second-order valence-corrected chi connectivity index (χ2v) is 6.23. The number of aromatic nitrogens is 4. The first-order valence-corrected chi connectivity index (χ1v) is 7.56. The summed E-state index contributed by atoms with van der Waals surface area (Å²) < 4.78 is 8.11. The summed E-state index contributed by atoms with van der Waals surface area (Å²) in [6.45, 7) is 4.23. The Balaban J connectivity index is 1.92. The molecule has 3 aromatic rings. The number of hydrogen-bond donors (Lipinski definition) is 1. The number of fused-ring (bicyclic) bond motifs is 1. The molecular weight excluding hydrogens is 334 g/mol. The maximum atomic E-state index is 6.08. The first-order valence-electron chi connectivity index (χ1n) is 6.76. The topological polar surface area (TPSA) is 82.2 Å². The standard InChI is InChI=1S/C14H16BrN5O/c1-8(2)5-10(16)13-18-14(21-19-13)9-3-4-12-17-6-11(15)20(12)7-9/h3-4,6-8,10H,5,16H2,1-2H3. The van der Waals surface area contributed by atoms with Crippen molar-refractivity contribution < 1.29 is 4.52 Å². The molecule has 2 N–H and O–H groups in total. The summed E-state index contributed by atoms with van der Waals surface area (Å²) in [7, 11) is 0. The van der Waals surface area contributed by atoms with Crippen LogP contribution in [0.15, 0.2) is 33.7 Å². The van der Waals surface area contributed by atoms with E-state index in [9.17, 15) is 0 Å². The largest absolute Gasteiger partial charge is 0.334 e. The van der Waals surface area contributed by atoms with Gasteiger partial charge < -0.3 is 10.3 Å². The first-order chi connectivity index (χ1) is 10.0. The average Bonchev–Trinajstić information content (AvgIpc) is 3.05. The number of rotatable bonds is 4. The molecule has 0 fully saturated rings. The van der Waals surface area contributed by atoms with Crippen LogP contribution >= 0.6 is 15.9 Å². The van der Waals surface area contributed by atoms with Gasteiger partial charge in [-0.05, 0) is 40.4 Å². The number of hydrogen-bond acceptors (Lipinski definition) is 5. The van der Waals surface area contributed by atoms with Crippen molar-refractivity contribution in [3.63, 3.8) is 0 Å². The highest BCUT2D eigenvalue weighted by Crippen LogP contribution is 2.23. The first kappa shape index (κ1) is 14.2. The summed E-state index contributed by atoms with van der Waals surface area (Å²) in [4.78, 5) is 8.65. The fraction of sp³-hybridized carbons (Fsp3) is 0.357. The van der Waals surface area contributed by atoms with Crippen molar-refractivity contribution in [3.05, 3.63) is 35.0 Å². The van der Waals surface area contributed by atoms with Crippen LogP contribution in [0.2, 0.25) is 0 Å². The Morgan fingerprint density at radius 2 is 2.19 bits per heavy atom. The lowest BCUT2D eigenvalue weighted by atomic mass is 10.0. The highest BCUT2D eigenvalue weighted by molar-refractivity contribution is 9.10. The van der Waals surface area contributed by atoms with E-state index in [4.69, 9.17) is 10.3 Å². The Bertz CT molecular complexity index is 764. The Morgan fingerprint density at radius 3 is 2.95 bits per heavy atom. The molecule has 3 heterocycles. The van der Waals surface area contributed by atoms with Gasteiger partial charge in [0.25, 0.3) is 5.89 Å². The molecule has 3 rings (SSSR count). The number of imidazole rings is 1. The van der Waals surface area contributed by atoms with E-state index < -0.39 is 0 Å². The summed E-state index contributed by atoms with van der Waals surface area (Å²) in [5.74, 6) is 1.50. The maximum Gasteiger partial charge on any atom is 0.259 e. The monoisotopic (exact) mass is 349 g/mol. The van der Waals surface area contributed by atoms with Crippen LogP contribution in [0.25, 0.3) is 17.1 Å². The van der Waals surface area contributed by atoms with Crippen molar-refractivity contribution in [3.8, 4) is 11.5 Å². The molecule has 1 atom stereocenters. The molecule has 6 nitrogen and oxygen atoms in total. The lowest BCUT2D eigenvalue weighted by Gasteiger charge is -2.08. The Hall–Kier alpha value is -1.73. The van der Waals surface area contributed by atoms with Crippen LogP contribution in [0.4, 0.5) is 0 Å². The van der Waals surface area contributed by atoms with E-state index in [1.165, 1.54) is 0 Å². The molecule has 0 aromatic carbocycles. The normalized spacial score (nSPS) is 13.2. The van der Waals surface area contributed by atoms with Gasteiger partial charge in [-0.1, -0.05) is 19.0 Å². The predicted molar refractivity (Wildman–Crippen MR) is 82.6 cm³/mol. The molecular formula is C14H16BrN5O. The van der Waals surface area contributed by atoms with Crippen molar-refractivity contribution >= 4 is 21.6 Å². The molecule has 110 valence electrons. The van der Waals surface area contributed by atoms with Gasteiger partial charge in [0.2, 0.25) is 0 Å². The molecule has 21 heavy (non-hydrogen) atoms. The van der Waals surface area contributed by atoms with Crippen molar-refractivity contribution in [1.29, 1.82) is 0 Å². The van der Waals surface area contributed by atoms with Gasteiger partial charge in [-0.25, -0.2) is 4.98 Å². The van der Waals surface area contributed by atoms with Gasteiger partial charge in [0, 0.05) is 6.20 Å². The van der Waals surface area contributed by atoms with Crippen LogP contribution in [0.1, 0.15) is 32.1 Å². The minimum atomic E-state index is -0.203. The highest BCUT2D eigenvalue weighted by atomic mass is 79.9. The van der Waals surface area contributed by atoms with Gasteiger partial charge in [0.05, 0.1) is 17.8 Å². The molecule has 7 heteroatoms. The van der Waals surface area contributed by atoms with E-state index >= 15 is 0 Å². The third-order valence-electron chi connectivity index (χ3n) is 3.21. The van der Waals surface area contributed by atoms with Crippen molar-refractivity contribution in [1.82, 2.24) is 19.5 Å². The minimum absolute atomic E-state index is 0.203. The number of nitrogens with two attached hydrogens (primary N) is 1. The van der Waals surface area contributed by atoms with Crippen LogP contribution in [0, 0.1) is 5.92 Å². The van der Waals surface area contributed by atoms with E-state index in [0.29, 0.717) is 17.6 Å². The third-order valence-corrected chi connectivity index (χ3v) is 3.79. The third kappa shape index (κ3) is 2.84. The average molecular weight is 350 g/mol. The molecule has 0 radical (unpaired) electrons. The van der Waals surface area contributed by atoms with Crippen LogP contribution in [0.5, 0.6) is 0 Å². The zero-order valence-electron chi connectivity index (χ0n) is 11.8. The summed E-state index contributed by atoms with van der Waals surface area (Å²) in [5.41, 5.74) is 7.76. The van der Waals surface area contributed by atoms with Gasteiger partial charge in [-0.2, -0.15) is 4.98 Å². The quantitative estimate of drug-likeness (QED) is 0.781. The molecule has 0 saturated carbocycles. The van der Waals surface area contributed by atoms with E-state index in [0.717, 1.165) is 22.2 Å². The van der Waals surface area contributed by atoms with Crippen molar-refractivity contribution in [2.45, 2.75) is 26.3 Å². The van der Waals surface area contributed by atoms with Crippen LogP contribution in [-0.2, 0) is 0 Å². The van der Waals surface area contributed by atoms with E-state index in [1.807, 2.05) is 22.7 Å². The van der Waals surface area contributed by atoms with E-state index in [2.05, 4.69) is 44.9 Å². The molecule has 1 unspecified atom stereocenters. The summed E-state index contributed by atoms with van der Waals surface area (Å²) in [6, 6.07) is 3.60. The van der Waals surface area contributed by atoms with Crippen molar-refractivity contribution in [2.75, 3.05) is 0 Å². The molecule has 0 amide bonds. The van der Waals surface area contributed by atoms with Gasteiger partial charge in [0.15, 0.2) is 5.82 Å². The van der Waals surface area contributed by atoms with Crippen LogP contribution in [0.3, 0.4) is 0 Å². The number of halogens is 1. The SMILES string of the molecule is CC(C)CC(N)c1noc(-c2ccc3ncc(Br)n3c2)n1. The van der Waals surface area contributed by atoms with Crippen LogP contribution < -0.4 is 5.73 Å². The van der Waals surface area contributed by atoms with Gasteiger partial charge in [-0.15, -0.1) is 0 Å². The molecule has 0 bridgehead atoms. The van der Waals surface area contributed by atoms with Gasteiger partial charge in [-0.3, -0.25) is 4.40 Å². The highest BCUT2D eigenvalue weighted by Gasteiger charge is 2.17. The molecule has 0 aliphatic carbocycles. The Morgan fingerprint density at radius 1 is 1.38 bits per heavy atom. The zero-order valence-corrected chi connectivity index (χ0v) is 13.4. The lowest BCUT2D eigenvalue weighted by Crippen LogP contribution is -2.14. The molecule has 0 aliphatic heterocycles. The Kier molecular flexibility index (Phi) is 3.77. The second-order valence-electron chi connectivity index (χ2n) is 5.42. The molecule has 0 aliphatic rings. The van der Waals surface area contributed by atoms with Gasteiger partial charge in [0.1, 0.15) is 10.3 Å². The predicted octanol–water partition coefficient (Wildman–Crippen LogP) is 3.19. The Labute approximate surface area is 130 Å². The maximum absolute atomic E-state index is 6.08. The summed E-state index contributed by atoms with van der Waals surface area (Å²) in [6.07, 6.45) is 4.47. The second kappa shape index (κ2) is 5.57. The number of pyridine rings is 1. The fourth-order valence-electron chi connectivity index (χ4n) is 2.19. The van der Waals surface area contributed by atoms with E-state index in [1.54, 1.807) is 6.20 Å². The molecule has 0 saturated heterocycles. The fourth-order valence-corrected chi connectivity index (χ4v) is 2.58. The lowest BCUT2D eigenvalue weighted by molar-refractivity contribution is 0.405. The summed E-state index contributed by atoms with van der Waals surface area (Å²) >= 11 is 3.44. The van der Waals surface area contributed by atoms with Gasteiger partial charge >= 0.3 is 0 Å². The van der Waals surface area contributed by atoms with E-state index in [-0.39, 0.29) is 6.04 Å². The van der Waals surface area contributed by atoms with Crippen LogP contribution in [-0.4, -0.2) is 19.5 Å². The number of nitrogens with zero attached hydrogens (tertiary/aromatic N) is 4. The molecule has 3 aromatic heterocycles. The minimum Gasteiger partial charge on any atom is -0.334 e. The van der Waals surface area contributed by atoms with Crippen molar-refractivity contribution in [2.24, 2.45) is 11.7 Å². The smallest absolute Gasteiger partial charge is 0.259 e. The summed E-state index contributed by atoms with van der Waals surface area (Å²) in [5, 5.41) is 3.99. The molecule has 0 spiro atoms.